The van der Waals surface area contributed by atoms with Crippen LogP contribution in [0.1, 0.15) is 12.8 Å². The van der Waals surface area contributed by atoms with Gasteiger partial charge in [-0.1, -0.05) is 0 Å². The number of sulfonamides is 1. The summed E-state index contributed by atoms with van der Waals surface area (Å²) >= 11 is 0. The molecule has 0 spiro atoms. The molecule has 0 aliphatic heterocycles. The zero-order valence-corrected chi connectivity index (χ0v) is 11.6. The molecule has 2 rings (SSSR count). The molecule has 0 saturated heterocycles. The van der Waals surface area contributed by atoms with Crippen LogP contribution in [-0.2, 0) is 10.0 Å². The molecule has 3 N–H and O–H groups in total. The molecule has 106 valence electrons. The van der Waals surface area contributed by atoms with Crippen molar-refractivity contribution in [2.75, 3.05) is 25.9 Å². The first-order valence-corrected chi connectivity index (χ1v) is 7.63. The Morgan fingerprint density at radius 2 is 2.16 bits per heavy atom. The summed E-state index contributed by atoms with van der Waals surface area (Å²) in [6.07, 6.45) is 2.33. The second kappa shape index (κ2) is 5.44. The van der Waals surface area contributed by atoms with Crippen molar-refractivity contribution in [1.29, 1.82) is 0 Å². The van der Waals surface area contributed by atoms with Gasteiger partial charge in [0.15, 0.2) is 0 Å². The Balaban J connectivity index is 1.99. The molecule has 0 aromatic heterocycles. The lowest BCUT2D eigenvalue weighted by Gasteiger charge is -2.16. The van der Waals surface area contributed by atoms with E-state index in [-0.39, 0.29) is 17.1 Å². The number of anilines is 1. The second-order valence-electron chi connectivity index (χ2n) is 4.79. The highest BCUT2D eigenvalue weighted by molar-refractivity contribution is 7.89. The average molecular weight is 287 g/mol. The number of nitrogen functional groups attached to an aromatic ring is 1. The van der Waals surface area contributed by atoms with Gasteiger partial charge in [-0.3, -0.25) is 0 Å². The molecular weight excluding hydrogens is 269 g/mol. The molecule has 1 aromatic rings. The molecular formula is C12H18FN3O2S. The van der Waals surface area contributed by atoms with Crippen molar-refractivity contribution in [2.24, 2.45) is 0 Å². The number of nitrogens with zero attached hydrogens (tertiary/aromatic N) is 1. The normalized spacial score (nSPS) is 15.9. The van der Waals surface area contributed by atoms with E-state index < -0.39 is 15.8 Å². The fourth-order valence-electron chi connectivity index (χ4n) is 1.87. The lowest BCUT2D eigenvalue weighted by atomic mass is 10.3. The Hall–Kier alpha value is -1.18. The van der Waals surface area contributed by atoms with Crippen molar-refractivity contribution < 1.29 is 12.8 Å². The first-order valence-electron chi connectivity index (χ1n) is 6.15. The van der Waals surface area contributed by atoms with E-state index in [1.807, 2.05) is 7.05 Å². The molecule has 1 aliphatic rings. The van der Waals surface area contributed by atoms with E-state index in [0.717, 1.165) is 12.1 Å². The quantitative estimate of drug-likeness (QED) is 0.758. The van der Waals surface area contributed by atoms with E-state index in [4.69, 9.17) is 5.73 Å². The number of nitrogens with two attached hydrogens (primary N) is 1. The maximum atomic E-state index is 13.1. The summed E-state index contributed by atoms with van der Waals surface area (Å²) in [5.41, 5.74) is 5.61. The summed E-state index contributed by atoms with van der Waals surface area (Å²) in [6, 6.07) is 3.89. The highest BCUT2D eigenvalue weighted by Gasteiger charge is 2.26. The molecule has 0 unspecified atom stereocenters. The number of hydrogen-bond donors (Lipinski definition) is 2. The highest BCUT2D eigenvalue weighted by Crippen LogP contribution is 2.24. The predicted octanol–water partition coefficient (Wildman–Crippen LogP) is 0.780. The third-order valence-corrected chi connectivity index (χ3v) is 4.71. The summed E-state index contributed by atoms with van der Waals surface area (Å²) in [5, 5.41) is 0. The van der Waals surface area contributed by atoms with Crippen LogP contribution in [0.15, 0.2) is 23.1 Å². The van der Waals surface area contributed by atoms with Crippen LogP contribution >= 0.6 is 0 Å². The van der Waals surface area contributed by atoms with Gasteiger partial charge >= 0.3 is 0 Å². The van der Waals surface area contributed by atoms with E-state index in [0.29, 0.717) is 12.6 Å². The fourth-order valence-corrected chi connectivity index (χ4v) is 3.03. The van der Waals surface area contributed by atoms with Gasteiger partial charge in [0.25, 0.3) is 0 Å². The standard InChI is InChI=1S/C12H18FN3O2S/c1-16(10-3-4-10)7-6-15-19(17,18)12-8-9(13)2-5-11(12)14/h2,5,8,10,15H,3-4,6-7,14H2,1H3. The summed E-state index contributed by atoms with van der Waals surface area (Å²) in [4.78, 5) is 1.90. The van der Waals surface area contributed by atoms with Gasteiger partial charge in [-0.2, -0.15) is 0 Å². The van der Waals surface area contributed by atoms with Crippen LogP contribution in [0.25, 0.3) is 0 Å². The Kier molecular flexibility index (Phi) is 4.07. The molecule has 1 saturated carbocycles. The molecule has 19 heavy (non-hydrogen) atoms. The number of benzene rings is 1. The summed E-state index contributed by atoms with van der Waals surface area (Å²) in [5.74, 6) is -0.621. The highest BCUT2D eigenvalue weighted by atomic mass is 32.2. The molecule has 0 bridgehead atoms. The van der Waals surface area contributed by atoms with Crippen molar-refractivity contribution in [3.8, 4) is 0 Å². The van der Waals surface area contributed by atoms with Gasteiger partial charge < -0.3 is 10.6 Å². The topological polar surface area (TPSA) is 75.4 Å². The van der Waals surface area contributed by atoms with Crippen molar-refractivity contribution in [3.63, 3.8) is 0 Å². The smallest absolute Gasteiger partial charge is 0.242 e. The zero-order chi connectivity index (χ0) is 14.0. The minimum absolute atomic E-state index is 0.0458. The van der Waals surface area contributed by atoms with Crippen LogP contribution < -0.4 is 10.5 Å². The second-order valence-corrected chi connectivity index (χ2v) is 6.53. The number of halogens is 1. The van der Waals surface area contributed by atoms with Crippen molar-refractivity contribution in [3.05, 3.63) is 24.0 Å². The number of hydrogen-bond acceptors (Lipinski definition) is 4. The van der Waals surface area contributed by atoms with Crippen LogP contribution in [0, 0.1) is 5.82 Å². The van der Waals surface area contributed by atoms with Gasteiger partial charge in [0.1, 0.15) is 10.7 Å². The Morgan fingerprint density at radius 3 is 2.79 bits per heavy atom. The minimum atomic E-state index is -3.76. The number of nitrogens with one attached hydrogen (secondary N) is 1. The molecule has 1 fully saturated rings. The largest absolute Gasteiger partial charge is 0.398 e. The van der Waals surface area contributed by atoms with Gasteiger partial charge in [0.05, 0.1) is 5.69 Å². The minimum Gasteiger partial charge on any atom is -0.398 e. The van der Waals surface area contributed by atoms with Crippen LogP contribution in [-0.4, -0.2) is 39.5 Å². The Morgan fingerprint density at radius 1 is 1.47 bits per heavy atom. The predicted molar refractivity (Wildman–Crippen MR) is 71.7 cm³/mol. The maximum absolute atomic E-state index is 13.1. The van der Waals surface area contributed by atoms with E-state index in [9.17, 15) is 12.8 Å². The molecule has 5 nitrogen and oxygen atoms in total. The van der Waals surface area contributed by atoms with Gasteiger partial charge in [-0.25, -0.2) is 17.5 Å². The lowest BCUT2D eigenvalue weighted by Crippen LogP contribution is -2.34. The average Bonchev–Trinajstić information content (AvgIpc) is 3.15. The molecule has 1 aromatic carbocycles. The molecule has 1 aliphatic carbocycles. The van der Waals surface area contributed by atoms with E-state index >= 15 is 0 Å². The lowest BCUT2D eigenvalue weighted by molar-refractivity contribution is 0.329. The third-order valence-electron chi connectivity index (χ3n) is 3.19. The van der Waals surface area contributed by atoms with Gasteiger partial charge in [0, 0.05) is 19.1 Å². The Labute approximate surface area is 112 Å². The molecule has 7 heteroatoms. The molecule has 0 atom stereocenters. The molecule has 0 heterocycles. The Bertz CT molecular complexity index is 558. The van der Waals surface area contributed by atoms with Crippen LogP contribution in [0.3, 0.4) is 0 Å². The third kappa shape index (κ3) is 3.65. The molecule has 0 amide bonds. The SMILES string of the molecule is CN(CCNS(=O)(=O)c1cc(F)ccc1N)C1CC1. The van der Waals surface area contributed by atoms with Gasteiger partial charge in [0.2, 0.25) is 10.0 Å². The molecule has 0 radical (unpaired) electrons. The number of likely N-dealkylation sites (N-methyl/N-ethyl adjacent to an activating group) is 1. The van der Waals surface area contributed by atoms with Gasteiger partial charge in [-0.15, -0.1) is 0 Å². The van der Waals surface area contributed by atoms with E-state index in [1.165, 1.54) is 18.9 Å². The number of rotatable bonds is 6. The van der Waals surface area contributed by atoms with E-state index in [2.05, 4.69) is 9.62 Å². The van der Waals surface area contributed by atoms with Gasteiger partial charge in [-0.05, 0) is 38.1 Å². The first kappa shape index (κ1) is 14.2. The maximum Gasteiger partial charge on any atom is 0.242 e. The van der Waals surface area contributed by atoms with Crippen molar-refractivity contribution in [1.82, 2.24) is 9.62 Å². The van der Waals surface area contributed by atoms with Crippen LogP contribution in [0.2, 0.25) is 0 Å². The van der Waals surface area contributed by atoms with Crippen molar-refractivity contribution in [2.45, 2.75) is 23.8 Å². The van der Waals surface area contributed by atoms with Crippen LogP contribution in [0.5, 0.6) is 0 Å². The summed E-state index contributed by atoms with van der Waals surface area (Å²) in [6.45, 7) is 0.907. The zero-order valence-electron chi connectivity index (χ0n) is 10.8. The summed E-state index contributed by atoms with van der Waals surface area (Å²) < 4.78 is 39.5. The summed E-state index contributed by atoms with van der Waals surface area (Å²) in [7, 11) is -1.80. The monoisotopic (exact) mass is 287 g/mol. The van der Waals surface area contributed by atoms with E-state index in [1.54, 1.807) is 0 Å². The fraction of sp³-hybridized carbons (Fsp3) is 0.500. The first-order chi connectivity index (χ1) is 8.90. The van der Waals surface area contributed by atoms with Crippen LogP contribution in [0.4, 0.5) is 10.1 Å². The van der Waals surface area contributed by atoms with Crippen molar-refractivity contribution >= 4 is 15.7 Å².